The largest absolute Gasteiger partial charge is 0.497 e. The fraction of sp³-hybridized carbons (Fsp3) is 0.200. The Morgan fingerprint density at radius 2 is 1.63 bits per heavy atom. The van der Waals surface area contributed by atoms with Crippen LogP contribution in [0.1, 0.15) is 40.7 Å². The SMILES string of the molecule is CCc1cc(-c2ccc3nc(C)[nH]c3c2)ccc1OCCC#CC(=O)c1ccc(S(=O)(=O)c2ccc(OC)cc2)cc1C. The number of imidazole rings is 1. The Morgan fingerprint density at radius 1 is 0.907 bits per heavy atom. The van der Waals surface area contributed by atoms with Crippen molar-refractivity contribution in [3.05, 3.63) is 101 Å². The molecule has 1 aromatic heterocycles. The minimum Gasteiger partial charge on any atom is -0.497 e. The maximum atomic E-state index is 13.0. The van der Waals surface area contributed by atoms with E-state index >= 15 is 0 Å². The first-order valence-corrected chi connectivity index (χ1v) is 15.4. The van der Waals surface area contributed by atoms with Gasteiger partial charge >= 0.3 is 0 Å². The molecule has 218 valence electrons. The first-order valence-electron chi connectivity index (χ1n) is 13.9. The monoisotopic (exact) mass is 592 g/mol. The molecule has 0 amide bonds. The van der Waals surface area contributed by atoms with Crippen molar-refractivity contribution >= 4 is 26.7 Å². The summed E-state index contributed by atoms with van der Waals surface area (Å²) in [7, 11) is -2.22. The molecule has 0 bridgehead atoms. The second kappa shape index (κ2) is 12.6. The number of Topliss-reactive ketones (excluding diaryl/α,β-unsaturated/α-hetero) is 1. The number of H-pyrrole nitrogens is 1. The predicted octanol–water partition coefficient (Wildman–Crippen LogP) is 6.91. The van der Waals surface area contributed by atoms with Crippen LogP contribution in [0.15, 0.2) is 88.7 Å². The van der Waals surface area contributed by atoms with E-state index in [1.54, 1.807) is 19.1 Å². The average Bonchev–Trinajstić information content (AvgIpc) is 3.40. The predicted molar refractivity (Wildman–Crippen MR) is 167 cm³/mol. The number of aromatic nitrogens is 2. The molecular weight excluding hydrogens is 560 g/mol. The number of ether oxygens (including phenoxy) is 2. The Kier molecular flexibility index (Phi) is 8.65. The molecule has 7 nitrogen and oxygen atoms in total. The summed E-state index contributed by atoms with van der Waals surface area (Å²) in [5, 5.41) is 0. The van der Waals surface area contributed by atoms with Gasteiger partial charge in [0.1, 0.15) is 17.3 Å². The van der Waals surface area contributed by atoms with E-state index in [4.69, 9.17) is 9.47 Å². The van der Waals surface area contributed by atoms with Crippen LogP contribution in [0.2, 0.25) is 0 Å². The molecular formula is C35H32N2O5S. The number of nitrogens with one attached hydrogen (secondary N) is 1. The van der Waals surface area contributed by atoms with Gasteiger partial charge in [-0.2, -0.15) is 0 Å². The molecule has 1 N–H and O–H groups in total. The van der Waals surface area contributed by atoms with Gasteiger partial charge in [-0.1, -0.05) is 25.0 Å². The number of nitrogens with zero attached hydrogens (tertiary/aromatic N) is 1. The third-order valence-corrected chi connectivity index (χ3v) is 8.95. The highest BCUT2D eigenvalue weighted by Crippen LogP contribution is 2.29. The summed E-state index contributed by atoms with van der Waals surface area (Å²) in [6.45, 7) is 6.07. The quantitative estimate of drug-likeness (QED) is 0.0865. The molecule has 0 saturated carbocycles. The number of aromatic amines is 1. The molecule has 0 radical (unpaired) electrons. The summed E-state index contributed by atoms with van der Waals surface area (Å²) >= 11 is 0. The third kappa shape index (κ3) is 6.47. The molecule has 0 fully saturated rings. The number of rotatable bonds is 9. The number of ketones is 1. The van der Waals surface area contributed by atoms with Crippen LogP contribution in [0.5, 0.6) is 11.5 Å². The molecule has 0 unspecified atom stereocenters. The number of hydrogen-bond donors (Lipinski definition) is 1. The molecule has 1 heterocycles. The zero-order chi connectivity index (χ0) is 30.6. The summed E-state index contributed by atoms with van der Waals surface area (Å²) in [5.74, 6) is 7.44. The molecule has 0 spiro atoms. The molecule has 4 aromatic carbocycles. The van der Waals surface area contributed by atoms with Crippen LogP contribution in [-0.4, -0.2) is 37.9 Å². The molecule has 8 heteroatoms. The summed E-state index contributed by atoms with van der Waals surface area (Å²) < 4.78 is 37.2. The Balaban J connectivity index is 1.21. The first-order chi connectivity index (χ1) is 20.7. The number of fused-ring (bicyclic) bond motifs is 1. The fourth-order valence-electron chi connectivity index (χ4n) is 4.86. The number of carbonyl (C=O) groups excluding carboxylic acids is 1. The van der Waals surface area contributed by atoms with Crippen LogP contribution >= 0.6 is 0 Å². The molecule has 0 saturated heterocycles. The Hall–Kier alpha value is -4.87. The van der Waals surface area contributed by atoms with Gasteiger partial charge in [0.2, 0.25) is 15.6 Å². The summed E-state index contributed by atoms with van der Waals surface area (Å²) in [5.41, 5.74) is 6.15. The Labute approximate surface area is 251 Å². The van der Waals surface area contributed by atoms with E-state index in [0.29, 0.717) is 29.9 Å². The molecule has 0 aliphatic carbocycles. The zero-order valence-corrected chi connectivity index (χ0v) is 25.3. The molecule has 5 aromatic rings. The molecule has 5 rings (SSSR count). The van der Waals surface area contributed by atoms with E-state index in [9.17, 15) is 13.2 Å². The van der Waals surface area contributed by atoms with Gasteiger partial charge in [0.05, 0.1) is 34.5 Å². The lowest BCUT2D eigenvalue weighted by atomic mass is 10.0. The maximum Gasteiger partial charge on any atom is 0.236 e. The van der Waals surface area contributed by atoms with Gasteiger partial charge in [0, 0.05) is 12.0 Å². The van der Waals surface area contributed by atoms with Gasteiger partial charge in [0.15, 0.2) is 0 Å². The number of methoxy groups -OCH3 is 1. The van der Waals surface area contributed by atoms with Gasteiger partial charge in [-0.25, -0.2) is 13.4 Å². The summed E-state index contributed by atoms with van der Waals surface area (Å²) in [6.07, 6.45) is 1.18. The molecule has 0 aliphatic rings. The van der Waals surface area contributed by atoms with Gasteiger partial charge in [-0.15, -0.1) is 0 Å². The highest BCUT2D eigenvalue weighted by Gasteiger charge is 2.19. The first kappa shape index (κ1) is 29.6. The lowest BCUT2D eigenvalue weighted by molar-refractivity contribution is 0.105. The zero-order valence-electron chi connectivity index (χ0n) is 24.5. The van der Waals surface area contributed by atoms with Crippen molar-refractivity contribution in [3.63, 3.8) is 0 Å². The van der Waals surface area contributed by atoms with Gasteiger partial charge in [0.25, 0.3) is 0 Å². The molecule has 43 heavy (non-hydrogen) atoms. The van der Waals surface area contributed by atoms with E-state index in [-0.39, 0.29) is 15.6 Å². The van der Waals surface area contributed by atoms with Crippen LogP contribution in [0, 0.1) is 25.7 Å². The van der Waals surface area contributed by atoms with E-state index in [1.807, 2.05) is 25.1 Å². The van der Waals surface area contributed by atoms with Crippen molar-refractivity contribution in [2.45, 2.75) is 43.4 Å². The lowest BCUT2D eigenvalue weighted by Gasteiger charge is -2.12. The van der Waals surface area contributed by atoms with E-state index in [1.165, 1.54) is 37.4 Å². The van der Waals surface area contributed by atoms with E-state index in [0.717, 1.165) is 45.7 Å². The smallest absolute Gasteiger partial charge is 0.236 e. The minimum atomic E-state index is -3.74. The van der Waals surface area contributed by atoms with E-state index < -0.39 is 9.84 Å². The highest BCUT2D eigenvalue weighted by atomic mass is 32.2. The normalized spacial score (nSPS) is 11.2. The van der Waals surface area contributed by atoms with Crippen molar-refractivity contribution in [1.29, 1.82) is 0 Å². The standard InChI is InChI=1S/C35H32N2O5S/c1-5-25-21-26(27-9-17-32-33(22-27)37-24(3)36-32)10-18-35(25)42-19-7-6-8-34(38)31-16-15-30(20-23(31)2)43(39,40)29-13-11-28(41-4)12-14-29/h9-18,20-22H,5,7,19H2,1-4H3,(H,36,37). The van der Waals surface area contributed by atoms with Crippen LogP contribution in [0.3, 0.4) is 0 Å². The van der Waals surface area contributed by atoms with E-state index in [2.05, 4.69) is 46.9 Å². The number of benzene rings is 4. The van der Waals surface area contributed by atoms with Gasteiger partial charge in [-0.05, 0) is 115 Å². The Bertz CT molecular complexity index is 1980. The topological polar surface area (TPSA) is 98.4 Å². The average molecular weight is 593 g/mol. The highest BCUT2D eigenvalue weighted by molar-refractivity contribution is 7.91. The van der Waals surface area contributed by atoms with Crippen molar-refractivity contribution < 1.29 is 22.7 Å². The van der Waals surface area contributed by atoms with Crippen LogP contribution in [0.25, 0.3) is 22.2 Å². The number of sulfone groups is 1. The molecule has 0 aliphatic heterocycles. The van der Waals surface area contributed by atoms with Gasteiger partial charge in [-0.3, -0.25) is 4.79 Å². The number of carbonyl (C=O) groups is 1. The van der Waals surface area contributed by atoms with Crippen molar-refractivity contribution in [1.82, 2.24) is 9.97 Å². The van der Waals surface area contributed by atoms with Gasteiger partial charge < -0.3 is 14.5 Å². The second-order valence-corrected chi connectivity index (χ2v) is 12.1. The number of aryl methyl sites for hydroxylation is 3. The minimum absolute atomic E-state index is 0.114. The summed E-state index contributed by atoms with van der Waals surface area (Å²) in [4.78, 5) is 20.8. The maximum absolute atomic E-state index is 13.0. The lowest BCUT2D eigenvalue weighted by Crippen LogP contribution is -2.05. The van der Waals surface area contributed by atoms with Crippen molar-refractivity contribution in [2.24, 2.45) is 0 Å². The number of hydrogen-bond acceptors (Lipinski definition) is 6. The fourth-order valence-corrected chi connectivity index (χ4v) is 6.21. The van der Waals surface area contributed by atoms with Crippen LogP contribution in [-0.2, 0) is 16.3 Å². The molecule has 0 atom stereocenters. The summed E-state index contributed by atoms with van der Waals surface area (Å²) in [6, 6.07) is 23.0. The van der Waals surface area contributed by atoms with Crippen LogP contribution in [0.4, 0.5) is 0 Å². The van der Waals surface area contributed by atoms with Crippen LogP contribution < -0.4 is 9.47 Å². The van der Waals surface area contributed by atoms with Crippen molar-refractivity contribution in [2.75, 3.05) is 13.7 Å². The third-order valence-electron chi connectivity index (χ3n) is 7.18. The Morgan fingerprint density at radius 3 is 2.35 bits per heavy atom. The van der Waals surface area contributed by atoms with Crippen molar-refractivity contribution in [3.8, 4) is 34.5 Å². The second-order valence-electron chi connectivity index (χ2n) is 10.1.